The van der Waals surface area contributed by atoms with Crippen molar-refractivity contribution in [2.45, 2.75) is 6.92 Å². The highest BCUT2D eigenvalue weighted by Gasteiger charge is 2.16. The second kappa shape index (κ2) is 5.96. The summed E-state index contributed by atoms with van der Waals surface area (Å²) in [5.41, 5.74) is 2.31. The van der Waals surface area contributed by atoms with E-state index in [0.29, 0.717) is 28.2 Å². The second-order valence-electron chi connectivity index (χ2n) is 5.84. The highest BCUT2D eigenvalue weighted by molar-refractivity contribution is 5.81. The zero-order valence-electron chi connectivity index (χ0n) is 13.7. The summed E-state index contributed by atoms with van der Waals surface area (Å²) in [7, 11) is 0. The standard InChI is InChI=1S/C19H13N3O4/c1-12-10-17(16-11-13-4-2-3-5-18(13)26-19(16)23)21(20-12)14-6-8-15(9-7-14)22(24)25/h2-11H,1H3. The van der Waals surface area contributed by atoms with E-state index in [1.165, 1.54) is 12.1 Å². The van der Waals surface area contributed by atoms with Crippen molar-refractivity contribution in [1.29, 1.82) is 0 Å². The number of hydrogen-bond acceptors (Lipinski definition) is 5. The number of non-ortho nitro benzene ring substituents is 1. The molecule has 0 saturated heterocycles. The molecule has 7 nitrogen and oxygen atoms in total. The average molecular weight is 347 g/mol. The molecule has 0 fully saturated rings. The van der Waals surface area contributed by atoms with Crippen LogP contribution in [0.15, 0.2) is 69.9 Å². The van der Waals surface area contributed by atoms with Gasteiger partial charge in [-0.25, -0.2) is 9.48 Å². The minimum atomic E-state index is -0.466. The van der Waals surface area contributed by atoms with Crippen LogP contribution in [0.4, 0.5) is 5.69 Å². The molecule has 0 spiro atoms. The largest absolute Gasteiger partial charge is 0.422 e. The van der Waals surface area contributed by atoms with Crippen LogP contribution in [0.5, 0.6) is 0 Å². The lowest BCUT2D eigenvalue weighted by atomic mass is 10.1. The van der Waals surface area contributed by atoms with E-state index in [2.05, 4.69) is 5.10 Å². The van der Waals surface area contributed by atoms with Crippen LogP contribution in [0.1, 0.15) is 5.69 Å². The maximum Gasteiger partial charge on any atom is 0.345 e. The number of nitro groups is 1. The highest BCUT2D eigenvalue weighted by atomic mass is 16.6. The third-order valence-electron chi connectivity index (χ3n) is 4.05. The average Bonchev–Trinajstić information content (AvgIpc) is 3.02. The third kappa shape index (κ3) is 2.65. The minimum absolute atomic E-state index is 0.00982. The van der Waals surface area contributed by atoms with Crippen LogP contribution >= 0.6 is 0 Å². The van der Waals surface area contributed by atoms with E-state index in [0.717, 1.165) is 5.39 Å². The summed E-state index contributed by atoms with van der Waals surface area (Å²) in [6.45, 7) is 1.81. The fraction of sp³-hybridized carbons (Fsp3) is 0.0526. The zero-order valence-corrected chi connectivity index (χ0v) is 13.7. The van der Waals surface area contributed by atoms with Gasteiger partial charge in [0.25, 0.3) is 5.69 Å². The molecule has 4 rings (SSSR count). The van der Waals surface area contributed by atoms with Crippen LogP contribution in [0.3, 0.4) is 0 Å². The van der Waals surface area contributed by atoms with Crippen molar-refractivity contribution in [2.24, 2.45) is 0 Å². The lowest BCUT2D eigenvalue weighted by Crippen LogP contribution is -2.07. The SMILES string of the molecule is Cc1cc(-c2cc3ccccc3oc2=O)n(-c2ccc([N+](=O)[O-])cc2)n1. The van der Waals surface area contributed by atoms with E-state index >= 15 is 0 Å². The number of nitrogens with zero attached hydrogens (tertiary/aromatic N) is 3. The van der Waals surface area contributed by atoms with Gasteiger partial charge in [-0.1, -0.05) is 18.2 Å². The van der Waals surface area contributed by atoms with Gasteiger partial charge in [0, 0.05) is 17.5 Å². The molecular formula is C19H13N3O4. The van der Waals surface area contributed by atoms with E-state index in [-0.39, 0.29) is 5.69 Å². The number of benzene rings is 2. The first-order valence-corrected chi connectivity index (χ1v) is 7.88. The first-order chi connectivity index (χ1) is 12.5. The molecule has 0 unspecified atom stereocenters. The van der Waals surface area contributed by atoms with Gasteiger partial charge in [-0.3, -0.25) is 10.1 Å². The smallest absolute Gasteiger partial charge is 0.345 e. The molecule has 0 aliphatic heterocycles. The van der Waals surface area contributed by atoms with Gasteiger partial charge < -0.3 is 4.42 Å². The zero-order chi connectivity index (χ0) is 18.3. The Morgan fingerprint density at radius 2 is 1.81 bits per heavy atom. The Morgan fingerprint density at radius 1 is 1.08 bits per heavy atom. The Bertz CT molecular complexity index is 1190. The number of aryl methyl sites for hydroxylation is 1. The number of para-hydroxylation sites is 1. The molecule has 0 atom stereocenters. The summed E-state index contributed by atoms with van der Waals surface area (Å²) in [6.07, 6.45) is 0. The van der Waals surface area contributed by atoms with Crippen LogP contribution in [-0.4, -0.2) is 14.7 Å². The van der Waals surface area contributed by atoms with Crippen LogP contribution in [-0.2, 0) is 0 Å². The second-order valence-corrected chi connectivity index (χ2v) is 5.84. The lowest BCUT2D eigenvalue weighted by molar-refractivity contribution is -0.384. The van der Waals surface area contributed by atoms with E-state index in [4.69, 9.17) is 4.42 Å². The third-order valence-corrected chi connectivity index (χ3v) is 4.05. The Balaban J connectivity index is 1.90. The molecule has 2 heterocycles. The summed E-state index contributed by atoms with van der Waals surface area (Å²) in [5, 5.41) is 16.1. The Hall–Kier alpha value is -3.74. The van der Waals surface area contributed by atoms with Crippen molar-refractivity contribution >= 4 is 16.7 Å². The van der Waals surface area contributed by atoms with Crippen LogP contribution in [0.25, 0.3) is 27.9 Å². The number of fused-ring (bicyclic) bond motifs is 1. The molecule has 4 aromatic rings. The fourth-order valence-corrected chi connectivity index (χ4v) is 2.84. The van der Waals surface area contributed by atoms with Gasteiger partial charge in [0.05, 0.1) is 27.6 Å². The Labute approximate surface area is 147 Å². The van der Waals surface area contributed by atoms with Crippen molar-refractivity contribution in [3.63, 3.8) is 0 Å². The van der Waals surface area contributed by atoms with Gasteiger partial charge in [-0.15, -0.1) is 0 Å². The van der Waals surface area contributed by atoms with Gasteiger partial charge in [0.15, 0.2) is 0 Å². The van der Waals surface area contributed by atoms with Crippen LogP contribution in [0, 0.1) is 17.0 Å². The predicted molar refractivity (Wildman–Crippen MR) is 96.4 cm³/mol. The number of rotatable bonds is 3. The normalized spacial score (nSPS) is 11.0. The van der Waals surface area contributed by atoms with Crippen LogP contribution in [0.2, 0.25) is 0 Å². The monoisotopic (exact) mass is 347 g/mol. The molecule has 0 aliphatic carbocycles. The number of nitro benzene ring substituents is 1. The van der Waals surface area contributed by atoms with E-state index < -0.39 is 10.5 Å². The molecule has 128 valence electrons. The molecule has 0 N–H and O–H groups in total. The first kappa shape index (κ1) is 15.8. The quantitative estimate of drug-likeness (QED) is 0.319. The lowest BCUT2D eigenvalue weighted by Gasteiger charge is -2.07. The van der Waals surface area contributed by atoms with Crippen LogP contribution < -0.4 is 5.63 Å². The molecule has 0 aliphatic rings. The molecule has 26 heavy (non-hydrogen) atoms. The molecule has 0 amide bonds. The van der Waals surface area contributed by atoms with Crippen molar-refractivity contribution in [2.75, 3.05) is 0 Å². The first-order valence-electron chi connectivity index (χ1n) is 7.88. The topological polar surface area (TPSA) is 91.2 Å². The summed E-state index contributed by atoms with van der Waals surface area (Å²) in [6, 6.07) is 16.8. The van der Waals surface area contributed by atoms with Crippen molar-refractivity contribution in [1.82, 2.24) is 9.78 Å². The Kier molecular flexibility index (Phi) is 3.62. The van der Waals surface area contributed by atoms with Gasteiger partial charge in [-0.2, -0.15) is 5.10 Å². The van der Waals surface area contributed by atoms with Crippen molar-refractivity contribution in [3.8, 4) is 16.9 Å². The number of aromatic nitrogens is 2. The van der Waals surface area contributed by atoms with E-state index in [1.54, 1.807) is 41.1 Å². The van der Waals surface area contributed by atoms with Gasteiger partial charge in [0.2, 0.25) is 0 Å². The van der Waals surface area contributed by atoms with Gasteiger partial charge >= 0.3 is 5.63 Å². The molecule has 2 aromatic heterocycles. The van der Waals surface area contributed by atoms with Crippen molar-refractivity contribution in [3.05, 3.63) is 86.9 Å². The fourth-order valence-electron chi connectivity index (χ4n) is 2.84. The van der Waals surface area contributed by atoms with E-state index in [1.807, 2.05) is 19.1 Å². The summed E-state index contributed by atoms with van der Waals surface area (Å²) in [5.74, 6) is 0. The van der Waals surface area contributed by atoms with Crippen molar-refractivity contribution < 1.29 is 9.34 Å². The molecular weight excluding hydrogens is 334 g/mol. The maximum atomic E-state index is 12.5. The Morgan fingerprint density at radius 3 is 2.54 bits per heavy atom. The van der Waals surface area contributed by atoms with Gasteiger partial charge in [-0.05, 0) is 37.3 Å². The molecule has 0 radical (unpaired) electrons. The summed E-state index contributed by atoms with van der Waals surface area (Å²) in [4.78, 5) is 22.9. The molecule has 2 aromatic carbocycles. The van der Waals surface area contributed by atoms with Gasteiger partial charge in [0.1, 0.15) is 5.58 Å². The maximum absolute atomic E-state index is 12.5. The number of hydrogen-bond donors (Lipinski definition) is 0. The predicted octanol–water partition coefficient (Wildman–Crippen LogP) is 3.86. The molecule has 0 saturated carbocycles. The summed E-state index contributed by atoms with van der Waals surface area (Å²) < 4.78 is 7.00. The molecule has 7 heteroatoms. The highest BCUT2D eigenvalue weighted by Crippen LogP contribution is 2.25. The molecule has 0 bridgehead atoms. The van der Waals surface area contributed by atoms with E-state index in [9.17, 15) is 14.9 Å². The minimum Gasteiger partial charge on any atom is -0.422 e. The summed E-state index contributed by atoms with van der Waals surface area (Å²) >= 11 is 0.